The van der Waals surface area contributed by atoms with Crippen molar-refractivity contribution in [3.63, 3.8) is 0 Å². The number of hydrogen-bond donors (Lipinski definition) is 2. The number of rotatable bonds is 9. The van der Waals surface area contributed by atoms with Crippen molar-refractivity contribution in [3.05, 3.63) is 58.1 Å². The Labute approximate surface area is 197 Å². The maximum Gasteiger partial charge on any atom is 0.226 e. The Balaban J connectivity index is 1.72. The molecule has 0 fully saturated rings. The molecule has 2 rings (SSSR count). The smallest absolute Gasteiger partial charge is 0.226 e. The van der Waals surface area contributed by atoms with E-state index in [9.17, 15) is 9.59 Å². The van der Waals surface area contributed by atoms with Gasteiger partial charge >= 0.3 is 0 Å². The van der Waals surface area contributed by atoms with Crippen LogP contribution >= 0.6 is 35.4 Å². The fourth-order valence-electron chi connectivity index (χ4n) is 2.64. The molecule has 0 saturated heterocycles. The van der Waals surface area contributed by atoms with Gasteiger partial charge in [-0.15, -0.1) is 0 Å². The van der Waals surface area contributed by atoms with Crippen LogP contribution < -0.4 is 15.4 Å². The Morgan fingerprint density at radius 3 is 2.58 bits per heavy atom. The number of halogens is 2. The van der Waals surface area contributed by atoms with Gasteiger partial charge in [0.2, 0.25) is 11.8 Å². The topological polar surface area (TPSA) is 70.7 Å². The molecule has 0 spiro atoms. The summed E-state index contributed by atoms with van der Waals surface area (Å²) < 4.78 is 5.56. The van der Waals surface area contributed by atoms with Crippen LogP contribution in [-0.2, 0) is 16.0 Å². The summed E-state index contributed by atoms with van der Waals surface area (Å²) in [6.45, 7) is 0.336. The summed E-state index contributed by atoms with van der Waals surface area (Å²) in [5.74, 6) is 0.385. The zero-order chi connectivity index (χ0) is 22.8. The molecule has 0 saturated carbocycles. The van der Waals surface area contributed by atoms with Gasteiger partial charge in [0.05, 0.1) is 11.6 Å². The molecule has 0 aliphatic rings. The molecule has 9 heteroatoms. The Morgan fingerprint density at radius 1 is 1.10 bits per heavy atom. The predicted octanol–water partition coefficient (Wildman–Crippen LogP) is 4.69. The number of nitrogens with one attached hydrogen (secondary N) is 2. The molecule has 2 amide bonds. The Hall–Kier alpha value is -2.35. The lowest BCUT2D eigenvalue weighted by atomic mass is 10.1. The van der Waals surface area contributed by atoms with Crippen LogP contribution in [0.3, 0.4) is 0 Å². The fraction of sp³-hybridized carbons (Fsp3) is 0.318. The first-order valence-corrected chi connectivity index (χ1v) is 10.9. The minimum absolute atomic E-state index is 0.0726. The molecule has 166 valence electrons. The monoisotopic (exact) mass is 481 g/mol. The van der Waals surface area contributed by atoms with E-state index in [1.165, 1.54) is 0 Å². The minimum atomic E-state index is -0.212. The van der Waals surface area contributed by atoms with Gasteiger partial charge in [0, 0.05) is 37.6 Å². The molecule has 2 N–H and O–H groups in total. The van der Waals surface area contributed by atoms with Crippen molar-refractivity contribution in [2.24, 2.45) is 0 Å². The zero-order valence-corrected chi connectivity index (χ0v) is 19.7. The summed E-state index contributed by atoms with van der Waals surface area (Å²) in [4.78, 5) is 25.4. The van der Waals surface area contributed by atoms with Gasteiger partial charge in [-0.25, -0.2) is 0 Å². The van der Waals surface area contributed by atoms with Gasteiger partial charge in [-0.3, -0.25) is 9.59 Å². The van der Waals surface area contributed by atoms with Gasteiger partial charge in [-0.2, -0.15) is 0 Å². The van der Waals surface area contributed by atoms with E-state index in [0.717, 1.165) is 11.3 Å². The molecule has 0 aliphatic heterocycles. The summed E-state index contributed by atoms with van der Waals surface area (Å²) in [6.07, 6.45) is 1.81. The van der Waals surface area contributed by atoms with Crippen molar-refractivity contribution in [1.82, 2.24) is 10.2 Å². The maximum atomic E-state index is 12.1. The number of amides is 2. The lowest BCUT2D eigenvalue weighted by Gasteiger charge is -2.12. The SMILES string of the molecule is CN(C)C(=O)CCc1cccc(NC(=S)NC(=O)CCCOc2ccc(Cl)cc2Cl)c1. The van der Waals surface area contributed by atoms with Crippen LogP contribution in [0.15, 0.2) is 42.5 Å². The van der Waals surface area contributed by atoms with Crippen molar-refractivity contribution in [2.75, 3.05) is 26.0 Å². The molecule has 0 radical (unpaired) electrons. The molecular formula is C22H25Cl2N3O3S. The van der Waals surface area contributed by atoms with Gasteiger partial charge in [0.15, 0.2) is 5.11 Å². The summed E-state index contributed by atoms with van der Waals surface area (Å²) >= 11 is 17.1. The van der Waals surface area contributed by atoms with E-state index in [0.29, 0.717) is 41.7 Å². The predicted molar refractivity (Wildman–Crippen MR) is 129 cm³/mol. The Kier molecular flexibility index (Phi) is 10.0. The normalized spacial score (nSPS) is 10.3. The largest absolute Gasteiger partial charge is 0.492 e. The van der Waals surface area contributed by atoms with Crippen LogP contribution in [0.25, 0.3) is 0 Å². The third-order valence-corrected chi connectivity index (χ3v) is 5.00. The molecule has 31 heavy (non-hydrogen) atoms. The fourth-order valence-corrected chi connectivity index (χ4v) is 3.33. The van der Waals surface area contributed by atoms with Crippen molar-refractivity contribution >= 4 is 58.0 Å². The highest BCUT2D eigenvalue weighted by Crippen LogP contribution is 2.27. The number of nitrogens with zero attached hydrogens (tertiary/aromatic N) is 1. The number of thiocarbonyl (C=S) groups is 1. The highest BCUT2D eigenvalue weighted by molar-refractivity contribution is 7.80. The van der Waals surface area contributed by atoms with E-state index in [2.05, 4.69) is 10.6 Å². The Morgan fingerprint density at radius 2 is 1.87 bits per heavy atom. The van der Waals surface area contributed by atoms with Crippen molar-refractivity contribution in [2.45, 2.75) is 25.7 Å². The van der Waals surface area contributed by atoms with Crippen LogP contribution in [0.5, 0.6) is 5.75 Å². The molecule has 0 heterocycles. The van der Waals surface area contributed by atoms with E-state index in [1.807, 2.05) is 24.3 Å². The molecule has 0 bridgehead atoms. The summed E-state index contributed by atoms with van der Waals surface area (Å²) in [7, 11) is 3.47. The van der Waals surface area contributed by atoms with E-state index in [1.54, 1.807) is 37.2 Å². The maximum absolute atomic E-state index is 12.1. The highest BCUT2D eigenvalue weighted by Gasteiger charge is 2.08. The number of anilines is 1. The second kappa shape index (κ2) is 12.5. The summed E-state index contributed by atoms with van der Waals surface area (Å²) in [5, 5.41) is 6.82. The van der Waals surface area contributed by atoms with E-state index in [-0.39, 0.29) is 23.3 Å². The highest BCUT2D eigenvalue weighted by atomic mass is 35.5. The third-order valence-electron chi connectivity index (χ3n) is 4.26. The average Bonchev–Trinajstić information content (AvgIpc) is 2.70. The number of benzene rings is 2. The van der Waals surface area contributed by atoms with Crippen LogP contribution in [0.2, 0.25) is 10.0 Å². The Bertz CT molecular complexity index is 938. The summed E-state index contributed by atoms with van der Waals surface area (Å²) in [5.41, 5.74) is 1.76. The number of ether oxygens (including phenoxy) is 1. The van der Waals surface area contributed by atoms with E-state index < -0.39 is 0 Å². The second-order valence-corrected chi connectivity index (χ2v) is 8.27. The standard InChI is InChI=1S/C22H25Cl2N3O3S/c1-27(2)21(29)11-8-15-5-3-6-17(13-15)25-22(31)26-20(28)7-4-12-30-19-10-9-16(23)14-18(19)24/h3,5-6,9-10,13-14H,4,7-8,11-12H2,1-2H3,(H2,25,26,28,31). The molecule has 0 aliphatic carbocycles. The molecule has 2 aromatic rings. The van der Waals surface area contributed by atoms with Gasteiger partial charge in [0.1, 0.15) is 5.75 Å². The number of hydrogen-bond acceptors (Lipinski definition) is 4. The van der Waals surface area contributed by atoms with Gasteiger partial charge < -0.3 is 20.3 Å². The first-order valence-electron chi connectivity index (χ1n) is 9.72. The minimum Gasteiger partial charge on any atom is -0.492 e. The molecule has 2 aromatic carbocycles. The second-order valence-electron chi connectivity index (χ2n) is 7.02. The van der Waals surface area contributed by atoms with Crippen molar-refractivity contribution in [3.8, 4) is 5.75 Å². The zero-order valence-electron chi connectivity index (χ0n) is 17.4. The van der Waals surface area contributed by atoms with Crippen LogP contribution in [0.1, 0.15) is 24.8 Å². The molecule has 0 atom stereocenters. The first-order chi connectivity index (χ1) is 14.7. The third kappa shape index (κ3) is 9.12. The van der Waals surface area contributed by atoms with Crippen molar-refractivity contribution in [1.29, 1.82) is 0 Å². The van der Waals surface area contributed by atoms with Crippen LogP contribution in [-0.4, -0.2) is 42.5 Å². The molecule has 0 aromatic heterocycles. The van der Waals surface area contributed by atoms with Crippen molar-refractivity contribution < 1.29 is 14.3 Å². The van der Waals surface area contributed by atoms with Gasteiger partial charge in [0.25, 0.3) is 0 Å². The van der Waals surface area contributed by atoms with Crippen LogP contribution in [0.4, 0.5) is 5.69 Å². The average molecular weight is 482 g/mol. The lowest BCUT2D eigenvalue weighted by Crippen LogP contribution is -2.34. The summed E-state index contributed by atoms with van der Waals surface area (Å²) in [6, 6.07) is 12.6. The number of carbonyl (C=O) groups is 2. The number of carbonyl (C=O) groups excluding carboxylic acids is 2. The molecule has 6 nitrogen and oxygen atoms in total. The van der Waals surface area contributed by atoms with Gasteiger partial charge in [-0.05, 0) is 61.0 Å². The van der Waals surface area contributed by atoms with E-state index in [4.69, 9.17) is 40.2 Å². The van der Waals surface area contributed by atoms with Crippen LogP contribution in [0, 0.1) is 0 Å². The molecular weight excluding hydrogens is 457 g/mol. The quantitative estimate of drug-likeness (QED) is 0.401. The van der Waals surface area contributed by atoms with Gasteiger partial charge in [-0.1, -0.05) is 35.3 Å². The first kappa shape index (κ1) is 24.9. The number of aryl methyl sites for hydroxylation is 1. The lowest BCUT2D eigenvalue weighted by molar-refractivity contribution is -0.128. The molecule has 0 unspecified atom stereocenters. The van der Waals surface area contributed by atoms with E-state index >= 15 is 0 Å².